The number of hydrogen-bond donors (Lipinski definition) is 0. The zero-order chi connectivity index (χ0) is 42.2. The summed E-state index contributed by atoms with van der Waals surface area (Å²) in [4.78, 5) is 15.2. The lowest BCUT2D eigenvalue weighted by molar-refractivity contribution is 0.670. The number of nitrogens with zero attached hydrogens (tertiary/aromatic N) is 4. The molecule has 3 aromatic heterocycles. The Hall–Kier alpha value is -7.24. The van der Waals surface area contributed by atoms with Gasteiger partial charge in [0.2, 0.25) is 0 Å². The van der Waals surface area contributed by atoms with Gasteiger partial charge in [0.25, 0.3) is 0 Å². The molecular formula is C51H38B6N4O. The molecule has 0 radical (unpaired) electrons. The predicted octanol–water partition coefficient (Wildman–Crippen LogP) is 2.75. The maximum atomic E-state index is 6.97. The first-order valence-corrected chi connectivity index (χ1v) is 21.3. The summed E-state index contributed by atoms with van der Waals surface area (Å²) in [6.07, 6.45) is 0. The van der Waals surface area contributed by atoms with Crippen LogP contribution in [0.25, 0.3) is 106 Å². The maximum Gasteiger partial charge on any atom is 0.164 e. The van der Waals surface area contributed by atoms with E-state index in [1.165, 1.54) is 54.6 Å². The Morgan fingerprint density at radius 1 is 0.387 bits per heavy atom. The highest BCUT2D eigenvalue weighted by molar-refractivity contribution is 6.62. The fourth-order valence-electron chi connectivity index (χ4n) is 9.46. The Bertz CT molecular complexity index is 3500. The Labute approximate surface area is 365 Å². The standard InChI is InChI=1S/C51H38B6N4O/c52-37-25-39(54)46-42(44(37)56)43-45(57)38(53)26-40(55)47(43)61(46)33-23-35(29-12-6-2-7-13-29)48-36(24-33)34-21-20-32(22-41(34)62-48)51-59-49(30-14-8-3-9-15-30)58-50(60-51)31-18-16-28(17-19-31)27-10-4-1-5-11-27/h1-26H,52-57H2. The lowest BCUT2D eigenvalue weighted by Crippen LogP contribution is -2.33. The Balaban J connectivity index is 1.13. The van der Waals surface area contributed by atoms with Crippen LogP contribution in [0.1, 0.15) is 0 Å². The highest BCUT2D eigenvalue weighted by atomic mass is 16.3. The molecule has 8 aromatic carbocycles. The van der Waals surface area contributed by atoms with E-state index in [-0.39, 0.29) is 0 Å². The summed E-state index contributed by atoms with van der Waals surface area (Å²) in [6.45, 7) is 0. The van der Waals surface area contributed by atoms with Gasteiger partial charge >= 0.3 is 0 Å². The van der Waals surface area contributed by atoms with Crippen LogP contribution in [-0.2, 0) is 0 Å². The van der Waals surface area contributed by atoms with Crippen molar-refractivity contribution in [3.8, 4) is 62.1 Å². The van der Waals surface area contributed by atoms with Gasteiger partial charge in [-0.2, -0.15) is 0 Å². The number of benzene rings is 8. The summed E-state index contributed by atoms with van der Waals surface area (Å²) in [5.74, 6) is 1.81. The van der Waals surface area contributed by atoms with E-state index in [1.54, 1.807) is 0 Å². The topological polar surface area (TPSA) is 56.7 Å². The third-order valence-electron chi connectivity index (χ3n) is 12.8. The minimum atomic E-state index is 0.583. The first kappa shape index (κ1) is 37.7. The number of aromatic nitrogens is 4. The third kappa shape index (κ3) is 6.14. The van der Waals surface area contributed by atoms with Crippen molar-refractivity contribution in [3.05, 3.63) is 158 Å². The summed E-state index contributed by atoms with van der Waals surface area (Å²) >= 11 is 0. The van der Waals surface area contributed by atoms with Crippen LogP contribution in [0.15, 0.2) is 162 Å². The van der Waals surface area contributed by atoms with Crippen molar-refractivity contribution in [2.24, 2.45) is 0 Å². The van der Waals surface area contributed by atoms with Gasteiger partial charge in [-0.3, -0.25) is 0 Å². The predicted molar refractivity (Wildman–Crippen MR) is 278 cm³/mol. The molecule has 0 unspecified atom stereocenters. The molecule has 0 saturated heterocycles. The number of furan rings is 1. The van der Waals surface area contributed by atoms with Gasteiger partial charge in [-0.1, -0.05) is 166 Å². The normalized spacial score (nSPS) is 11.6. The average Bonchev–Trinajstić information content (AvgIpc) is 3.88. The fourth-order valence-corrected chi connectivity index (χ4v) is 9.46. The summed E-state index contributed by atoms with van der Waals surface area (Å²) in [5, 5.41) is 4.76. The number of hydrogen-bond acceptors (Lipinski definition) is 4. The first-order chi connectivity index (χ1) is 30.2. The van der Waals surface area contributed by atoms with E-state index < -0.39 is 0 Å². The van der Waals surface area contributed by atoms with Crippen molar-refractivity contribution in [3.63, 3.8) is 0 Å². The molecule has 286 valence electrons. The second-order valence-electron chi connectivity index (χ2n) is 16.7. The van der Waals surface area contributed by atoms with E-state index in [0.717, 1.165) is 66.6 Å². The van der Waals surface area contributed by atoms with Crippen LogP contribution in [-0.4, -0.2) is 66.6 Å². The van der Waals surface area contributed by atoms with E-state index >= 15 is 0 Å². The van der Waals surface area contributed by atoms with E-state index in [1.807, 2.05) is 36.4 Å². The van der Waals surface area contributed by atoms with Crippen LogP contribution in [0.5, 0.6) is 0 Å². The molecule has 11 heteroatoms. The molecule has 11 rings (SSSR count). The number of rotatable bonds is 6. The molecule has 0 aliphatic carbocycles. The molecule has 0 fully saturated rings. The quantitative estimate of drug-likeness (QED) is 0.244. The number of fused-ring (bicyclic) bond motifs is 6. The van der Waals surface area contributed by atoms with Gasteiger partial charge in [-0.15, -0.1) is 0 Å². The van der Waals surface area contributed by atoms with E-state index in [9.17, 15) is 0 Å². The van der Waals surface area contributed by atoms with Gasteiger partial charge < -0.3 is 8.98 Å². The summed E-state index contributed by atoms with van der Waals surface area (Å²) in [5.41, 5.74) is 20.2. The van der Waals surface area contributed by atoms with Crippen molar-refractivity contribution in [2.75, 3.05) is 0 Å². The molecule has 11 aromatic rings. The van der Waals surface area contributed by atoms with Crippen molar-refractivity contribution >= 4 is 124 Å². The van der Waals surface area contributed by atoms with Gasteiger partial charge in [0.05, 0.1) is 0 Å². The highest BCUT2D eigenvalue weighted by Crippen LogP contribution is 2.41. The molecule has 0 aliphatic heterocycles. The van der Waals surface area contributed by atoms with Gasteiger partial charge in [0, 0.05) is 49.7 Å². The molecule has 0 N–H and O–H groups in total. The van der Waals surface area contributed by atoms with Gasteiger partial charge in [-0.25, -0.2) is 15.0 Å². The van der Waals surface area contributed by atoms with Crippen LogP contribution in [0, 0.1) is 0 Å². The van der Waals surface area contributed by atoms with E-state index in [0.29, 0.717) is 17.5 Å². The second kappa shape index (κ2) is 14.7. The maximum absolute atomic E-state index is 6.97. The Morgan fingerprint density at radius 3 is 1.40 bits per heavy atom. The molecule has 5 nitrogen and oxygen atoms in total. The van der Waals surface area contributed by atoms with Crippen LogP contribution < -0.4 is 32.8 Å². The Kier molecular flexibility index (Phi) is 8.97. The molecule has 3 heterocycles. The van der Waals surface area contributed by atoms with Crippen molar-refractivity contribution < 1.29 is 4.42 Å². The minimum absolute atomic E-state index is 0.583. The third-order valence-corrected chi connectivity index (χ3v) is 12.8. The van der Waals surface area contributed by atoms with Crippen molar-refractivity contribution in [1.29, 1.82) is 0 Å². The van der Waals surface area contributed by atoms with Crippen LogP contribution >= 0.6 is 0 Å². The van der Waals surface area contributed by atoms with Crippen LogP contribution in [0.4, 0.5) is 0 Å². The summed E-state index contributed by atoms with van der Waals surface area (Å²) < 4.78 is 9.48. The van der Waals surface area contributed by atoms with Crippen molar-refractivity contribution in [1.82, 2.24) is 19.5 Å². The molecule has 0 saturated carbocycles. The first-order valence-electron chi connectivity index (χ1n) is 21.3. The van der Waals surface area contributed by atoms with E-state index in [2.05, 4.69) is 173 Å². The second-order valence-corrected chi connectivity index (χ2v) is 16.7. The largest absolute Gasteiger partial charge is 0.455 e. The SMILES string of the molecule is Bc1cc(B)c2c(c1B)c1c(B)c(B)cc(B)c1n2-c1cc(-c2ccccc2)c2oc3cc(-c4nc(-c5ccccc5)nc(-c5ccc(-c6ccccc6)cc5)n4)ccc3c2c1. The van der Waals surface area contributed by atoms with Crippen LogP contribution in [0.3, 0.4) is 0 Å². The Morgan fingerprint density at radius 2 is 0.839 bits per heavy atom. The summed E-state index contributed by atoms with van der Waals surface area (Å²) in [7, 11) is 13.5. The molecule has 0 spiro atoms. The van der Waals surface area contributed by atoms with Gasteiger partial charge in [-0.05, 0) is 51.7 Å². The molecule has 0 atom stereocenters. The lowest BCUT2D eigenvalue weighted by atomic mass is 9.71. The molecule has 0 bridgehead atoms. The molecule has 62 heavy (non-hydrogen) atoms. The van der Waals surface area contributed by atoms with Gasteiger partial charge in [0.15, 0.2) is 17.5 Å². The van der Waals surface area contributed by atoms with Gasteiger partial charge in [0.1, 0.15) is 58.2 Å². The minimum Gasteiger partial charge on any atom is -0.455 e. The summed E-state index contributed by atoms with van der Waals surface area (Å²) in [6, 6.07) is 55.2. The molecule has 0 amide bonds. The molecular weight excluding hydrogens is 749 g/mol. The fraction of sp³-hybridized carbons (Fsp3) is 0. The highest BCUT2D eigenvalue weighted by Gasteiger charge is 2.23. The van der Waals surface area contributed by atoms with Crippen molar-refractivity contribution in [2.45, 2.75) is 0 Å². The average molecular weight is 788 g/mol. The zero-order valence-electron chi connectivity index (χ0n) is 35.7. The van der Waals surface area contributed by atoms with Crippen LogP contribution in [0.2, 0.25) is 0 Å². The monoisotopic (exact) mass is 788 g/mol. The van der Waals surface area contributed by atoms with E-state index in [4.69, 9.17) is 19.4 Å². The lowest BCUT2D eigenvalue weighted by Gasteiger charge is -2.15. The molecule has 0 aliphatic rings. The zero-order valence-corrected chi connectivity index (χ0v) is 35.7. The smallest absolute Gasteiger partial charge is 0.164 e.